The van der Waals surface area contributed by atoms with Crippen LogP contribution in [-0.2, 0) is 12.6 Å². The Kier molecular flexibility index (Phi) is 4.07. The molecule has 0 saturated carbocycles. The summed E-state index contributed by atoms with van der Waals surface area (Å²) in [4.78, 5) is 0. The summed E-state index contributed by atoms with van der Waals surface area (Å²) in [6.45, 7) is 1.13. The summed E-state index contributed by atoms with van der Waals surface area (Å²) < 4.78 is 82.7. The van der Waals surface area contributed by atoms with Gasteiger partial charge in [0.25, 0.3) is 5.92 Å². The molecule has 3 rings (SSSR count). The average Bonchev–Trinajstić information content (AvgIpc) is 2.93. The number of alkyl halides is 5. The molecule has 2 atom stereocenters. The highest BCUT2D eigenvalue weighted by atomic mass is 19.4. The fourth-order valence-electron chi connectivity index (χ4n) is 3.17. The first-order valence-corrected chi connectivity index (χ1v) is 7.55. The van der Waals surface area contributed by atoms with Crippen molar-refractivity contribution in [3.8, 4) is 11.8 Å². The lowest BCUT2D eigenvalue weighted by molar-refractivity contribution is -0.162. The van der Waals surface area contributed by atoms with E-state index in [2.05, 4.69) is 0 Å². The highest BCUT2D eigenvalue weighted by molar-refractivity contribution is 5.49. The second-order valence-corrected chi connectivity index (χ2v) is 6.23. The van der Waals surface area contributed by atoms with Gasteiger partial charge < -0.3 is 9.67 Å². The maximum absolute atomic E-state index is 14.1. The van der Waals surface area contributed by atoms with E-state index >= 15 is 0 Å². The Balaban J connectivity index is 2.29. The quantitative estimate of drug-likeness (QED) is 0.754. The lowest BCUT2D eigenvalue weighted by atomic mass is 9.82. The van der Waals surface area contributed by atoms with Crippen LogP contribution in [0, 0.1) is 23.1 Å². The van der Waals surface area contributed by atoms with Crippen molar-refractivity contribution in [1.29, 1.82) is 5.26 Å². The molecule has 1 aliphatic carbocycles. The zero-order valence-electron chi connectivity index (χ0n) is 13.3. The minimum atomic E-state index is -4.97. The fourth-order valence-corrected chi connectivity index (χ4v) is 3.17. The molecule has 1 aromatic heterocycles. The van der Waals surface area contributed by atoms with Crippen LogP contribution in [-0.4, -0.2) is 15.6 Å². The lowest BCUT2D eigenvalue weighted by Crippen LogP contribution is -2.40. The number of nitriles is 1. The zero-order chi connectivity index (χ0) is 19.4. The predicted octanol–water partition coefficient (Wildman–Crippen LogP) is 4.37. The van der Waals surface area contributed by atoms with Gasteiger partial charge in [-0.25, -0.2) is 13.2 Å². The number of nitrogens with zero attached hydrogens (tertiary/aromatic N) is 2. The van der Waals surface area contributed by atoms with E-state index in [0.717, 1.165) is 29.7 Å². The van der Waals surface area contributed by atoms with Crippen molar-refractivity contribution in [3.63, 3.8) is 0 Å². The van der Waals surface area contributed by atoms with Crippen LogP contribution in [0.25, 0.3) is 5.69 Å². The van der Waals surface area contributed by atoms with Gasteiger partial charge in [0.1, 0.15) is 18.0 Å². The van der Waals surface area contributed by atoms with E-state index in [9.17, 15) is 31.4 Å². The number of rotatable bonds is 1. The Morgan fingerprint density at radius 3 is 2.54 bits per heavy atom. The first-order chi connectivity index (χ1) is 12.0. The number of aliphatic hydroxyl groups is 1. The SMILES string of the molecule is CC1Cc2c(c(C(F)(F)F)cn2-c2ccc(F)c(C#N)c2)[C@H](O)C1(F)F. The molecule has 0 bridgehead atoms. The lowest BCUT2D eigenvalue weighted by Gasteiger charge is -2.34. The molecule has 2 aromatic rings. The van der Waals surface area contributed by atoms with Crippen LogP contribution in [0.1, 0.15) is 35.4 Å². The second-order valence-electron chi connectivity index (χ2n) is 6.23. The zero-order valence-corrected chi connectivity index (χ0v) is 13.3. The van der Waals surface area contributed by atoms with Gasteiger partial charge in [0.2, 0.25) is 0 Å². The molecule has 0 amide bonds. The molecule has 1 aromatic carbocycles. The highest BCUT2D eigenvalue weighted by Gasteiger charge is 2.53. The molecule has 1 heterocycles. The van der Waals surface area contributed by atoms with Gasteiger partial charge >= 0.3 is 6.18 Å². The summed E-state index contributed by atoms with van der Waals surface area (Å²) in [7, 11) is 0. The Morgan fingerprint density at radius 1 is 1.31 bits per heavy atom. The standard InChI is InChI=1S/C17H12F6N2O/c1-8-4-13-14(15(26)16(8,19)20)11(17(21,22)23)7-25(13)10-2-3-12(18)9(5-10)6-24/h2-3,5,7-8,15,26H,4H2,1H3/t8?,15-/m0/s1. The largest absolute Gasteiger partial charge is 0.418 e. The van der Waals surface area contributed by atoms with Crippen LogP contribution in [0.3, 0.4) is 0 Å². The van der Waals surface area contributed by atoms with Crippen molar-refractivity contribution in [1.82, 2.24) is 4.57 Å². The van der Waals surface area contributed by atoms with Gasteiger partial charge in [-0.15, -0.1) is 0 Å². The smallest absolute Gasteiger partial charge is 0.382 e. The summed E-state index contributed by atoms with van der Waals surface area (Å²) in [5.74, 6) is -5.98. The van der Waals surface area contributed by atoms with E-state index in [4.69, 9.17) is 5.26 Å². The van der Waals surface area contributed by atoms with Crippen molar-refractivity contribution in [2.24, 2.45) is 5.92 Å². The number of benzene rings is 1. The number of aliphatic hydroxyl groups excluding tert-OH is 1. The first-order valence-electron chi connectivity index (χ1n) is 7.55. The van der Waals surface area contributed by atoms with Gasteiger partial charge in [0.05, 0.1) is 11.1 Å². The number of aromatic nitrogens is 1. The molecule has 1 N–H and O–H groups in total. The molecule has 0 fully saturated rings. The minimum absolute atomic E-state index is 0.0133. The molecule has 0 aliphatic heterocycles. The number of hydrogen-bond acceptors (Lipinski definition) is 2. The second kappa shape index (κ2) is 5.77. The number of halogens is 6. The van der Waals surface area contributed by atoms with E-state index in [1.54, 1.807) is 6.07 Å². The van der Waals surface area contributed by atoms with Crippen molar-refractivity contribution in [2.75, 3.05) is 0 Å². The molecule has 9 heteroatoms. The van der Waals surface area contributed by atoms with Crippen molar-refractivity contribution >= 4 is 0 Å². The first kappa shape index (κ1) is 18.3. The maximum atomic E-state index is 14.1. The van der Waals surface area contributed by atoms with E-state index < -0.39 is 53.0 Å². The summed E-state index contributed by atoms with van der Waals surface area (Å²) in [5.41, 5.74) is -2.79. The normalized spacial score (nSPS) is 22.0. The van der Waals surface area contributed by atoms with Gasteiger partial charge in [-0.3, -0.25) is 0 Å². The summed E-state index contributed by atoms with van der Waals surface area (Å²) in [6.07, 6.45) is -7.41. The van der Waals surface area contributed by atoms with Crippen LogP contribution in [0.5, 0.6) is 0 Å². The summed E-state index contributed by atoms with van der Waals surface area (Å²) in [6, 6.07) is 4.65. The van der Waals surface area contributed by atoms with E-state index in [-0.39, 0.29) is 11.4 Å². The van der Waals surface area contributed by atoms with Crippen molar-refractivity contribution < 1.29 is 31.4 Å². The van der Waals surface area contributed by atoms with Crippen LogP contribution in [0.15, 0.2) is 24.4 Å². The Hall–Kier alpha value is -2.47. The van der Waals surface area contributed by atoms with E-state index in [1.807, 2.05) is 0 Å². The Morgan fingerprint density at radius 2 is 1.96 bits per heavy atom. The van der Waals surface area contributed by atoms with Gasteiger partial charge in [-0.2, -0.15) is 18.4 Å². The topological polar surface area (TPSA) is 49.0 Å². The molecule has 138 valence electrons. The molecule has 0 saturated heterocycles. The van der Waals surface area contributed by atoms with Crippen molar-refractivity contribution in [2.45, 2.75) is 31.5 Å². The van der Waals surface area contributed by atoms with E-state index in [0.29, 0.717) is 6.20 Å². The molecular weight excluding hydrogens is 362 g/mol. The number of hydrogen-bond donors (Lipinski definition) is 1. The van der Waals surface area contributed by atoms with Crippen LogP contribution in [0.4, 0.5) is 26.3 Å². The van der Waals surface area contributed by atoms with Gasteiger partial charge in [-0.05, 0) is 24.6 Å². The van der Waals surface area contributed by atoms with Gasteiger partial charge in [0, 0.05) is 29.1 Å². The minimum Gasteiger partial charge on any atom is -0.382 e. The molecular formula is C17H12F6N2O. The number of fused-ring (bicyclic) bond motifs is 1. The van der Waals surface area contributed by atoms with Crippen LogP contribution in [0.2, 0.25) is 0 Å². The van der Waals surface area contributed by atoms with Crippen LogP contribution < -0.4 is 0 Å². The van der Waals surface area contributed by atoms with Crippen molar-refractivity contribution in [3.05, 3.63) is 52.6 Å². The third-order valence-electron chi connectivity index (χ3n) is 4.60. The average molecular weight is 374 g/mol. The maximum Gasteiger partial charge on any atom is 0.418 e. The van der Waals surface area contributed by atoms with Gasteiger partial charge in [0.15, 0.2) is 0 Å². The molecule has 1 aliphatic rings. The van der Waals surface area contributed by atoms with Crippen LogP contribution >= 0.6 is 0 Å². The predicted molar refractivity (Wildman–Crippen MR) is 78.2 cm³/mol. The summed E-state index contributed by atoms with van der Waals surface area (Å²) >= 11 is 0. The molecule has 0 radical (unpaired) electrons. The monoisotopic (exact) mass is 374 g/mol. The molecule has 1 unspecified atom stereocenters. The van der Waals surface area contributed by atoms with E-state index in [1.165, 1.54) is 0 Å². The third-order valence-corrected chi connectivity index (χ3v) is 4.60. The Labute approximate surface area is 144 Å². The molecule has 26 heavy (non-hydrogen) atoms. The third kappa shape index (κ3) is 2.65. The van der Waals surface area contributed by atoms with Gasteiger partial charge in [-0.1, -0.05) is 6.92 Å². The Bertz CT molecular complexity index is 909. The summed E-state index contributed by atoms with van der Waals surface area (Å²) in [5, 5.41) is 18.8. The molecule has 0 spiro atoms. The highest BCUT2D eigenvalue weighted by Crippen LogP contribution is 2.50. The molecule has 3 nitrogen and oxygen atoms in total. The fraction of sp³-hybridized carbons (Fsp3) is 0.353.